The summed E-state index contributed by atoms with van der Waals surface area (Å²) in [5.74, 6) is -2.75. The molecule has 0 aromatic heterocycles. The highest BCUT2D eigenvalue weighted by molar-refractivity contribution is 6.05. The minimum Gasteiger partial charge on any atom is -0.370 e. The van der Waals surface area contributed by atoms with Crippen LogP contribution in [0.3, 0.4) is 0 Å². The molecule has 4 heterocycles. The molecular formula is C27H26F2N4O4. The van der Waals surface area contributed by atoms with Gasteiger partial charge in [0.15, 0.2) is 0 Å². The summed E-state index contributed by atoms with van der Waals surface area (Å²) in [5, 5.41) is 2.32. The standard InChI is InChI=1S/C27H26F2N4O4/c28-17-1-4-21(29)20(12-17)25(36)31-9-7-27(8-10-31)14-32(15-27)18-2-3-19-16(11-18)13-33(26(19)37)22-5-6-23(34)30-24(22)35/h1-4,11-12,22H,5-10,13-15H2,(H,30,34,35). The van der Waals surface area contributed by atoms with E-state index in [2.05, 4.69) is 10.2 Å². The molecule has 2 aromatic carbocycles. The zero-order valence-electron chi connectivity index (χ0n) is 20.1. The molecule has 1 N–H and O–H groups in total. The van der Waals surface area contributed by atoms with Gasteiger partial charge in [-0.05, 0) is 61.2 Å². The average Bonchev–Trinajstić information content (AvgIpc) is 3.19. The van der Waals surface area contributed by atoms with E-state index in [9.17, 15) is 28.0 Å². The first-order valence-corrected chi connectivity index (χ1v) is 12.5. The van der Waals surface area contributed by atoms with E-state index in [0.717, 1.165) is 55.4 Å². The van der Waals surface area contributed by atoms with E-state index in [4.69, 9.17) is 0 Å². The van der Waals surface area contributed by atoms with E-state index >= 15 is 0 Å². The van der Waals surface area contributed by atoms with Gasteiger partial charge in [-0.1, -0.05) is 0 Å². The summed E-state index contributed by atoms with van der Waals surface area (Å²) in [5.41, 5.74) is 2.28. The second-order valence-corrected chi connectivity index (χ2v) is 10.5. The van der Waals surface area contributed by atoms with Gasteiger partial charge in [-0.3, -0.25) is 24.5 Å². The third kappa shape index (κ3) is 4.04. The molecule has 1 spiro atoms. The predicted molar refractivity (Wildman–Crippen MR) is 129 cm³/mol. The normalized spacial score (nSPS) is 22.7. The molecule has 192 valence electrons. The number of anilines is 1. The second-order valence-electron chi connectivity index (χ2n) is 10.5. The summed E-state index contributed by atoms with van der Waals surface area (Å²) in [6.07, 6.45) is 2.10. The third-order valence-corrected chi connectivity index (χ3v) is 8.19. The van der Waals surface area contributed by atoms with Crippen LogP contribution in [0.1, 0.15) is 52.0 Å². The molecule has 4 aliphatic heterocycles. The molecule has 0 saturated carbocycles. The van der Waals surface area contributed by atoms with Crippen LogP contribution in [-0.4, -0.2) is 65.6 Å². The van der Waals surface area contributed by atoms with Gasteiger partial charge in [0, 0.05) is 55.8 Å². The molecule has 4 amide bonds. The molecule has 4 aliphatic rings. The molecule has 0 radical (unpaired) electrons. The van der Waals surface area contributed by atoms with Crippen molar-refractivity contribution in [1.29, 1.82) is 0 Å². The van der Waals surface area contributed by atoms with E-state index < -0.39 is 29.5 Å². The smallest absolute Gasteiger partial charge is 0.256 e. The maximum Gasteiger partial charge on any atom is 0.256 e. The van der Waals surface area contributed by atoms with Gasteiger partial charge >= 0.3 is 0 Å². The first kappa shape index (κ1) is 23.6. The summed E-state index contributed by atoms with van der Waals surface area (Å²) < 4.78 is 27.6. The highest BCUT2D eigenvalue weighted by Crippen LogP contribution is 2.43. The number of fused-ring (bicyclic) bond motifs is 1. The number of halogens is 2. The number of rotatable bonds is 3. The maximum atomic E-state index is 14.0. The van der Waals surface area contributed by atoms with Gasteiger partial charge in [0.05, 0.1) is 5.56 Å². The average molecular weight is 509 g/mol. The Balaban J connectivity index is 1.08. The van der Waals surface area contributed by atoms with Crippen molar-refractivity contribution in [3.8, 4) is 0 Å². The molecule has 0 aliphatic carbocycles. The van der Waals surface area contributed by atoms with Gasteiger partial charge in [-0.25, -0.2) is 8.78 Å². The van der Waals surface area contributed by atoms with Crippen molar-refractivity contribution in [1.82, 2.24) is 15.1 Å². The number of amides is 4. The zero-order chi connectivity index (χ0) is 25.9. The SMILES string of the molecule is O=C1CCC(N2Cc3cc(N4CC5(CCN(C(=O)c6cc(F)ccc6F)CC5)C4)ccc3C2=O)C(=O)N1. The Kier molecular flexibility index (Phi) is 5.50. The molecule has 1 atom stereocenters. The fourth-order valence-electron chi connectivity index (χ4n) is 6.04. The van der Waals surface area contributed by atoms with E-state index in [-0.39, 0.29) is 29.2 Å². The Hall–Kier alpha value is -3.82. The number of nitrogens with zero attached hydrogens (tertiary/aromatic N) is 3. The molecule has 0 bridgehead atoms. The van der Waals surface area contributed by atoms with Crippen LogP contribution in [0, 0.1) is 17.0 Å². The van der Waals surface area contributed by atoms with E-state index in [1.54, 1.807) is 15.9 Å². The number of imide groups is 1. The zero-order valence-corrected chi connectivity index (χ0v) is 20.1. The van der Waals surface area contributed by atoms with Gasteiger partial charge in [-0.2, -0.15) is 0 Å². The largest absolute Gasteiger partial charge is 0.370 e. The number of piperidine rings is 2. The number of hydrogen-bond donors (Lipinski definition) is 1. The summed E-state index contributed by atoms with van der Waals surface area (Å²) >= 11 is 0. The molecule has 6 rings (SSSR count). The quantitative estimate of drug-likeness (QED) is 0.644. The molecule has 8 nitrogen and oxygen atoms in total. The summed E-state index contributed by atoms with van der Waals surface area (Å²) in [7, 11) is 0. The van der Waals surface area contributed by atoms with Crippen molar-refractivity contribution in [2.75, 3.05) is 31.1 Å². The molecular weight excluding hydrogens is 482 g/mol. The molecule has 3 fully saturated rings. The highest BCUT2D eigenvalue weighted by atomic mass is 19.1. The number of carbonyl (C=O) groups excluding carboxylic acids is 4. The molecule has 2 aromatic rings. The molecule has 37 heavy (non-hydrogen) atoms. The maximum absolute atomic E-state index is 14.0. The third-order valence-electron chi connectivity index (χ3n) is 8.19. The lowest BCUT2D eigenvalue weighted by molar-refractivity contribution is -0.136. The van der Waals surface area contributed by atoms with Gasteiger partial charge in [0.1, 0.15) is 17.7 Å². The molecule has 3 saturated heterocycles. The van der Waals surface area contributed by atoms with Gasteiger partial charge in [0.25, 0.3) is 11.8 Å². The predicted octanol–water partition coefficient (Wildman–Crippen LogP) is 2.47. The van der Waals surface area contributed by atoms with E-state index in [1.807, 2.05) is 12.1 Å². The number of nitrogens with one attached hydrogen (secondary N) is 1. The fraction of sp³-hybridized carbons (Fsp3) is 0.407. The highest BCUT2D eigenvalue weighted by Gasteiger charge is 2.46. The Labute approximate surface area is 212 Å². The summed E-state index contributed by atoms with van der Waals surface area (Å²) in [6.45, 7) is 2.94. The molecule has 1 unspecified atom stereocenters. The van der Waals surface area contributed by atoms with Crippen molar-refractivity contribution in [2.45, 2.75) is 38.3 Å². The van der Waals surface area contributed by atoms with Gasteiger partial charge < -0.3 is 14.7 Å². The van der Waals surface area contributed by atoms with E-state index in [1.165, 1.54) is 0 Å². The van der Waals surface area contributed by atoms with Crippen molar-refractivity contribution in [3.05, 3.63) is 64.7 Å². The minimum absolute atomic E-state index is 0.0604. The lowest BCUT2D eigenvalue weighted by Crippen LogP contribution is -2.61. The van der Waals surface area contributed by atoms with Crippen molar-refractivity contribution in [2.24, 2.45) is 5.41 Å². The lowest BCUT2D eigenvalue weighted by Gasteiger charge is -2.55. The minimum atomic E-state index is -0.715. The van der Waals surface area contributed by atoms with Crippen LogP contribution in [-0.2, 0) is 16.1 Å². The Morgan fingerprint density at radius 1 is 1.00 bits per heavy atom. The lowest BCUT2D eigenvalue weighted by atomic mass is 9.71. The summed E-state index contributed by atoms with van der Waals surface area (Å²) in [4.78, 5) is 54.8. The Morgan fingerprint density at radius 2 is 1.76 bits per heavy atom. The van der Waals surface area contributed by atoms with E-state index in [0.29, 0.717) is 31.6 Å². The van der Waals surface area contributed by atoms with Gasteiger partial charge in [-0.15, -0.1) is 0 Å². The first-order valence-electron chi connectivity index (χ1n) is 12.5. The number of hydrogen-bond acceptors (Lipinski definition) is 5. The fourth-order valence-corrected chi connectivity index (χ4v) is 6.04. The first-order chi connectivity index (χ1) is 17.7. The van der Waals surface area contributed by atoms with Crippen LogP contribution in [0.5, 0.6) is 0 Å². The molecule has 10 heteroatoms. The topological polar surface area (TPSA) is 90.0 Å². The second kappa shape index (κ2) is 8.64. The van der Waals surface area contributed by atoms with Crippen LogP contribution >= 0.6 is 0 Å². The van der Waals surface area contributed by atoms with Crippen molar-refractivity contribution < 1.29 is 28.0 Å². The number of likely N-dealkylation sites (tertiary alicyclic amines) is 1. The summed E-state index contributed by atoms with van der Waals surface area (Å²) in [6, 6.07) is 8.02. The number of carbonyl (C=O) groups is 4. The van der Waals surface area contributed by atoms with Crippen molar-refractivity contribution >= 4 is 29.3 Å². The van der Waals surface area contributed by atoms with Crippen LogP contribution in [0.4, 0.5) is 14.5 Å². The van der Waals surface area contributed by atoms with Gasteiger partial charge in [0.2, 0.25) is 11.8 Å². The van der Waals surface area contributed by atoms with Crippen molar-refractivity contribution in [3.63, 3.8) is 0 Å². The van der Waals surface area contributed by atoms with Crippen LogP contribution in [0.15, 0.2) is 36.4 Å². The van der Waals surface area contributed by atoms with Crippen LogP contribution < -0.4 is 10.2 Å². The number of benzene rings is 2. The van der Waals surface area contributed by atoms with Crippen LogP contribution in [0.2, 0.25) is 0 Å². The monoisotopic (exact) mass is 508 g/mol. The van der Waals surface area contributed by atoms with Crippen LogP contribution in [0.25, 0.3) is 0 Å². The Morgan fingerprint density at radius 3 is 2.49 bits per heavy atom. The Bertz CT molecular complexity index is 1330.